The predicted octanol–water partition coefficient (Wildman–Crippen LogP) is 5.05. The first-order valence-electron chi connectivity index (χ1n) is 6.81. The van der Waals surface area contributed by atoms with Crippen molar-refractivity contribution in [2.24, 2.45) is 0 Å². The summed E-state index contributed by atoms with van der Waals surface area (Å²) in [6, 6.07) is 10.1. The van der Waals surface area contributed by atoms with Crippen molar-refractivity contribution in [3.8, 4) is 16.9 Å². The molecule has 0 spiro atoms. The van der Waals surface area contributed by atoms with E-state index in [-0.39, 0.29) is 5.75 Å². The van der Waals surface area contributed by atoms with Crippen molar-refractivity contribution < 1.29 is 13.5 Å². The number of aromatic nitrogens is 2. The minimum atomic E-state index is -2.89. The molecule has 3 aromatic rings. The molecule has 0 aliphatic carbocycles. The van der Waals surface area contributed by atoms with Crippen LogP contribution in [0.1, 0.15) is 12.7 Å². The van der Waals surface area contributed by atoms with Crippen LogP contribution in [0.4, 0.5) is 8.78 Å². The third-order valence-corrected chi connectivity index (χ3v) is 3.66. The number of hydrogen-bond acceptors (Lipinski definition) is 2. The van der Waals surface area contributed by atoms with E-state index >= 15 is 0 Å². The summed E-state index contributed by atoms with van der Waals surface area (Å²) in [5, 5.41) is 0.448. The number of benzene rings is 2. The minimum Gasteiger partial charge on any atom is -0.434 e. The van der Waals surface area contributed by atoms with Gasteiger partial charge in [0.15, 0.2) is 0 Å². The van der Waals surface area contributed by atoms with Crippen LogP contribution in [0, 0.1) is 0 Å². The van der Waals surface area contributed by atoms with Gasteiger partial charge in [-0.1, -0.05) is 36.7 Å². The number of halogens is 3. The van der Waals surface area contributed by atoms with Gasteiger partial charge in [0.2, 0.25) is 0 Å². The fraction of sp³-hybridized carbons (Fsp3) is 0.188. The van der Waals surface area contributed by atoms with E-state index in [9.17, 15) is 8.78 Å². The summed E-state index contributed by atoms with van der Waals surface area (Å²) in [5.41, 5.74) is 2.68. The fourth-order valence-corrected chi connectivity index (χ4v) is 2.61. The highest BCUT2D eigenvalue weighted by Crippen LogP contribution is 2.37. The van der Waals surface area contributed by atoms with Gasteiger partial charge in [-0.2, -0.15) is 8.78 Å². The summed E-state index contributed by atoms with van der Waals surface area (Å²) in [6.07, 6.45) is 0.771. The molecule has 0 saturated heterocycles. The Labute approximate surface area is 130 Å². The second-order valence-electron chi connectivity index (χ2n) is 4.76. The second-order valence-corrected chi connectivity index (χ2v) is 5.17. The van der Waals surface area contributed by atoms with Crippen LogP contribution >= 0.6 is 11.6 Å². The highest BCUT2D eigenvalue weighted by Gasteiger charge is 2.15. The molecule has 1 N–H and O–H groups in total. The normalized spacial score (nSPS) is 11.3. The SMILES string of the molecule is CCc1nc2cc(-c3ccccc3OC(F)F)c(Cl)cc2[nH]1. The quantitative estimate of drug-likeness (QED) is 0.730. The molecule has 22 heavy (non-hydrogen) atoms. The number of aromatic amines is 1. The van der Waals surface area contributed by atoms with Gasteiger partial charge in [0.05, 0.1) is 16.1 Å². The van der Waals surface area contributed by atoms with Crippen molar-refractivity contribution in [3.63, 3.8) is 0 Å². The first kappa shape index (κ1) is 14.8. The lowest BCUT2D eigenvalue weighted by molar-refractivity contribution is -0.0494. The zero-order valence-corrected chi connectivity index (χ0v) is 12.5. The molecule has 0 aliphatic heterocycles. The third kappa shape index (κ3) is 2.76. The first-order chi connectivity index (χ1) is 10.6. The molecule has 114 valence electrons. The number of nitrogens with zero attached hydrogens (tertiary/aromatic N) is 1. The summed E-state index contributed by atoms with van der Waals surface area (Å²) < 4.78 is 29.7. The van der Waals surface area contributed by atoms with E-state index < -0.39 is 6.61 Å². The molecular formula is C16H13ClF2N2O. The first-order valence-corrected chi connectivity index (χ1v) is 7.18. The minimum absolute atomic E-state index is 0.0880. The van der Waals surface area contributed by atoms with Crippen molar-refractivity contribution in [2.45, 2.75) is 20.0 Å². The van der Waals surface area contributed by atoms with Gasteiger partial charge in [0.1, 0.15) is 11.6 Å². The summed E-state index contributed by atoms with van der Waals surface area (Å²) >= 11 is 6.31. The maximum Gasteiger partial charge on any atom is 0.387 e. The fourth-order valence-electron chi connectivity index (χ4n) is 2.34. The Bertz CT molecular complexity index is 817. The van der Waals surface area contributed by atoms with Crippen molar-refractivity contribution in [1.29, 1.82) is 0 Å². The molecule has 2 aromatic carbocycles. The maximum absolute atomic E-state index is 12.5. The molecule has 0 saturated carbocycles. The predicted molar refractivity (Wildman–Crippen MR) is 82.5 cm³/mol. The Morgan fingerprint density at radius 1 is 1.23 bits per heavy atom. The van der Waals surface area contributed by atoms with E-state index in [2.05, 4.69) is 14.7 Å². The smallest absolute Gasteiger partial charge is 0.387 e. The lowest BCUT2D eigenvalue weighted by atomic mass is 10.0. The van der Waals surface area contributed by atoms with Crippen LogP contribution < -0.4 is 4.74 Å². The van der Waals surface area contributed by atoms with E-state index in [4.69, 9.17) is 11.6 Å². The Morgan fingerprint density at radius 3 is 2.73 bits per heavy atom. The molecule has 0 radical (unpaired) electrons. The molecule has 0 bridgehead atoms. The van der Waals surface area contributed by atoms with E-state index in [1.807, 2.05) is 6.92 Å². The third-order valence-electron chi connectivity index (χ3n) is 3.35. The lowest BCUT2D eigenvalue weighted by Crippen LogP contribution is -2.03. The van der Waals surface area contributed by atoms with Crippen LogP contribution in [-0.4, -0.2) is 16.6 Å². The number of alkyl halides is 2. The molecule has 0 atom stereocenters. The largest absolute Gasteiger partial charge is 0.434 e. The number of nitrogens with one attached hydrogen (secondary N) is 1. The van der Waals surface area contributed by atoms with Crippen LogP contribution in [-0.2, 0) is 6.42 Å². The maximum atomic E-state index is 12.5. The molecule has 0 fully saturated rings. The average molecular weight is 323 g/mol. The molecule has 1 aromatic heterocycles. The molecule has 3 rings (SSSR count). The van der Waals surface area contributed by atoms with Gasteiger partial charge in [-0.25, -0.2) is 4.98 Å². The topological polar surface area (TPSA) is 37.9 Å². The number of fused-ring (bicyclic) bond motifs is 1. The number of imidazole rings is 1. The number of aryl methyl sites for hydroxylation is 1. The highest BCUT2D eigenvalue weighted by molar-refractivity contribution is 6.34. The number of hydrogen-bond donors (Lipinski definition) is 1. The van der Waals surface area contributed by atoms with E-state index in [0.29, 0.717) is 16.1 Å². The second kappa shape index (κ2) is 5.93. The summed E-state index contributed by atoms with van der Waals surface area (Å²) in [6.45, 7) is -0.896. The zero-order valence-electron chi connectivity index (χ0n) is 11.7. The number of H-pyrrole nitrogens is 1. The van der Waals surface area contributed by atoms with Crippen LogP contribution in [0.5, 0.6) is 5.75 Å². The van der Waals surface area contributed by atoms with Gasteiger partial charge in [-0.3, -0.25) is 0 Å². The highest BCUT2D eigenvalue weighted by atomic mass is 35.5. The Morgan fingerprint density at radius 2 is 2.00 bits per heavy atom. The monoisotopic (exact) mass is 322 g/mol. The van der Waals surface area contributed by atoms with E-state index in [1.54, 1.807) is 30.3 Å². The number of para-hydroxylation sites is 1. The van der Waals surface area contributed by atoms with Gasteiger partial charge in [-0.15, -0.1) is 0 Å². The van der Waals surface area contributed by atoms with Crippen LogP contribution in [0.2, 0.25) is 5.02 Å². The molecular weight excluding hydrogens is 310 g/mol. The van der Waals surface area contributed by atoms with Gasteiger partial charge in [-0.05, 0) is 18.2 Å². The van der Waals surface area contributed by atoms with E-state index in [0.717, 1.165) is 23.3 Å². The van der Waals surface area contributed by atoms with Crippen molar-refractivity contribution in [3.05, 3.63) is 47.2 Å². The van der Waals surface area contributed by atoms with Gasteiger partial charge in [0.25, 0.3) is 0 Å². The number of ether oxygens (including phenoxy) is 1. The van der Waals surface area contributed by atoms with Crippen LogP contribution in [0.3, 0.4) is 0 Å². The number of rotatable bonds is 4. The summed E-state index contributed by atoms with van der Waals surface area (Å²) in [5.74, 6) is 0.935. The van der Waals surface area contributed by atoms with Crippen molar-refractivity contribution in [2.75, 3.05) is 0 Å². The van der Waals surface area contributed by atoms with Gasteiger partial charge in [0, 0.05) is 17.5 Å². The van der Waals surface area contributed by atoms with Crippen molar-refractivity contribution >= 4 is 22.6 Å². The molecule has 0 amide bonds. The van der Waals surface area contributed by atoms with Crippen LogP contribution in [0.25, 0.3) is 22.2 Å². The molecule has 6 heteroatoms. The Balaban J connectivity index is 2.15. The average Bonchev–Trinajstić information content (AvgIpc) is 2.88. The standard InChI is InChI=1S/C16H13ClF2N2O/c1-2-15-20-12-7-10(11(17)8-13(12)21-15)9-5-3-4-6-14(9)22-16(18)19/h3-8,16H,2H2,1H3,(H,20,21). The van der Waals surface area contributed by atoms with Crippen molar-refractivity contribution in [1.82, 2.24) is 9.97 Å². The Hall–Kier alpha value is -2.14. The summed E-state index contributed by atoms with van der Waals surface area (Å²) in [7, 11) is 0. The molecule has 0 unspecified atom stereocenters. The Kier molecular flexibility index (Phi) is 3.98. The van der Waals surface area contributed by atoms with Crippen LogP contribution in [0.15, 0.2) is 36.4 Å². The van der Waals surface area contributed by atoms with Gasteiger partial charge < -0.3 is 9.72 Å². The van der Waals surface area contributed by atoms with Gasteiger partial charge >= 0.3 is 6.61 Å². The molecule has 0 aliphatic rings. The molecule has 3 nitrogen and oxygen atoms in total. The molecule has 1 heterocycles. The zero-order chi connectivity index (χ0) is 15.7. The summed E-state index contributed by atoms with van der Waals surface area (Å²) in [4.78, 5) is 7.61. The lowest BCUT2D eigenvalue weighted by Gasteiger charge is -2.11. The van der Waals surface area contributed by atoms with E-state index in [1.165, 1.54) is 6.07 Å².